The zero-order valence-corrected chi connectivity index (χ0v) is 16.5. The van der Waals surface area contributed by atoms with Crippen LogP contribution in [0.15, 0.2) is 48.5 Å². The third-order valence-electron chi connectivity index (χ3n) is 4.70. The minimum atomic E-state index is -0.502. The molecule has 0 N–H and O–H groups in total. The number of rotatable bonds is 2. The largest absolute Gasteiger partial charge is 2.00 e. The van der Waals surface area contributed by atoms with E-state index in [2.05, 4.69) is 9.97 Å². The summed E-state index contributed by atoms with van der Waals surface area (Å²) in [5, 5.41) is 22.3. The fraction of sp³-hybridized carbons (Fsp3) is 0. The molecule has 3 aromatic heterocycles. The molecule has 0 saturated carbocycles. The standard InChI is InChI=1S/C20H12N6O4.Ni/c27-25(28)23-17-5-6-19(23)11-15-3-4-16(22-15)12-20-8-7-18(24(20)26(29)30)10-14-2-1-13(9-17)21-14;/h1-12H;/q;+2. The molecule has 154 valence electrons. The van der Waals surface area contributed by atoms with Crippen LogP contribution in [0.25, 0.3) is 46.4 Å². The molecule has 0 spiro atoms. The molecule has 2 aliphatic heterocycles. The van der Waals surface area contributed by atoms with Crippen LogP contribution in [-0.4, -0.2) is 29.4 Å². The fourth-order valence-electron chi connectivity index (χ4n) is 3.45. The predicted molar refractivity (Wildman–Crippen MR) is 111 cm³/mol. The predicted octanol–water partition coefficient (Wildman–Crippen LogP) is 3.68. The van der Waals surface area contributed by atoms with Crippen LogP contribution in [0.1, 0.15) is 22.8 Å². The summed E-state index contributed by atoms with van der Waals surface area (Å²) in [7, 11) is 0. The van der Waals surface area contributed by atoms with Gasteiger partial charge in [-0.2, -0.15) is 0 Å². The van der Waals surface area contributed by atoms with Crippen LogP contribution in [0.5, 0.6) is 0 Å². The normalized spacial score (nSPS) is 11.9. The Morgan fingerprint density at radius 2 is 0.839 bits per heavy atom. The SMILES string of the molecule is O=[N+]([O-])n1c2ccc1cc1nc(cc3ccc(cc4nc(c2)C=C4)n3[N+](=O)[O-])C=C1.[Ni+2]. The summed E-state index contributed by atoms with van der Waals surface area (Å²) in [5.41, 5.74) is 3.38. The Balaban J connectivity index is 0.00000231. The Kier molecular flexibility index (Phi) is 4.96. The third-order valence-corrected chi connectivity index (χ3v) is 4.70. The molecular weight excluding hydrogens is 447 g/mol. The van der Waals surface area contributed by atoms with Crippen molar-refractivity contribution in [2.45, 2.75) is 0 Å². The van der Waals surface area contributed by atoms with Gasteiger partial charge in [0.15, 0.2) is 10.1 Å². The summed E-state index contributed by atoms with van der Waals surface area (Å²) in [6.45, 7) is 0. The summed E-state index contributed by atoms with van der Waals surface area (Å²) in [4.78, 5) is 32.1. The maximum Gasteiger partial charge on any atom is 2.00 e. The third kappa shape index (κ3) is 3.62. The van der Waals surface area contributed by atoms with Gasteiger partial charge >= 0.3 is 16.5 Å². The molecule has 0 amide bonds. The molecule has 11 heteroatoms. The smallest absolute Gasteiger partial charge is 0.249 e. The van der Waals surface area contributed by atoms with Gasteiger partial charge in [-0.05, 0) is 72.8 Å². The van der Waals surface area contributed by atoms with Crippen molar-refractivity contribution in [2.75, 3.05) is 0 Å². The molecule has 0 atom stereocenters. The average molecular weight is 459 g/mol. The second kappa shape index (κ2) is 7.62. The number of nitrogens with zero attached hydrogens (tertiary/aromatic N) is 6. The van der Waals surface area contributed by atoms with Crippen molar-refractivity contribution in [3.05, 3.63) is 91.5 Å². The van der Waals surface area contributed by atoms with Gasteiger partial charge in [0.25, 0.3) is 0 Å². The van der Waals surface area contributed by atoms with Crippen LogP contribution < -0.4 is 0 Å². The minimum Gasteiger partial charge on any atom is -0.249 e. The molecule has 10 nitrogen and oxygen atoms in total. The maximum absolute atomic E-state index is 11.6. The van der Waals surface area contributed by atoms with E-state index in [1.807, 2.05) is 0 Å². The van der Waals surface area contributed by atoms with E-state index in [0.717, 1.165) is 9.35 Å². The topological polar surface area (TPSA) is 122 Å². The van der Waals surface area contributed by atoms with Crippen molar-refractivity contribution in [3.8, 4) is 0 Å². The molecular formula is C20H12N6NiO4+2. The van der Waals surface area contributed by atoms with E-state index in [0.29, 0.717) is 44.8 Å². The van der Waals surface area contributed by atoms with Crippen LogP contribution in [0.2, 0.25) is 0 Å². The first kappa shape index (κ1) is 20.2. The van der Waals surface area contributed by atoms with Crippen LogP contribution in [0.3, 0.4) is 0 Å². The molecule has 0 saturated heterocycles. The second-order valence-electron chi connectivity index (χ2n) is 6.63. The Hall–Kier alpha value is -4.11. The van der Waals surface area contributed by atoms with Gasteiger partial charge in [0, 0.05) is 0 Å². The van der Waals surface area contributed by atoms with Gasteiger partial charge < -0.3 is 0 Å². The minimum absolute atomic E-state index is 0. The van der Waals surface area contributed by atoms with Gasteiger partial charge in [-0.1, -0.05) is 9.35 Å². The Labute approximate surface area is 184 Å². The van der Waals surface area contributed by atoms with Crippen LogP contribution >= 0.6 is 0 Å². The van der Waals surface area contributed by atoms with Crippen molar-refractivity contribution in [2.24, 2.45) is 0 Å². The van der Waals surface area contributed by atoms with Crippen LogP contribution in [0.4, 0.5) is 0 Å². The zero-order valence-electron chi connectivity index (χ0n) is 15.6. The molecule has 5 rings (SSSR count). The van der Waals surface area contributed by atoms with Gasteiger partial charge in [-0.3, -0.25) is 0 Å². The van der Waals surface area contributed by atoms with Gasteiger partial charge in [0.2, 0.25) is 0 Å². The number of hydrogen-bond donors (Lipinski definition) is 0. The molecule has 31 heavy (non-hydrogen) atoms. The van der Waals surface area contributed by atoms with Crippen molar-refractivity contribution < 1.29 is 26.6 Å². The monoisotopic (exact) mass is 458 g/mol. The van der Waals surface area contributed by atoms with E-state index in [1.165, 1.54) is 0 Å². The molecule has 0 aromatic carbocycles. The van der Waals surface area contributed by atoms with E-state index in [1.54, 1.807) is 72.8 Å². The van der Waals surface area contributed by atoms with Crippen LogP contribution in [0, 0.1) is 20.2 Å². The summed E-state index contributed by atoms with van der Waals surface area (Å²) in [6.07, 6.45) is 6.78. The number of hydrogen-bond acceptors (Lipinski definition) is 6. The molecule has 0 fully saturated rings. The second-order valence-corrected chi connectivity index (χ2v) is 6.63. The van der Waals surface area contributed by atoms with Gasteiger partial charge in [-0.15, -0.1) is 0 Å². The molecule has 2 aliphatic rings. The van der Waals surface area contributed by atoms with E-state index in [9.17, 15) is 20.2 Å². The summed E-state index contributed by atoms with van der Waals surface area (Å²) in [6, 6.07) is 12.8. The number of aromatic nitrogens is 4. The van der Waals surface area contributed by atoms with E-state index >= 15 is 0 Å². The van der Waals surface area contributed by atoms with Crippen molar-refractivity contribution in [1.29, 1.82) is 0 Å². The number of fused-ring (bicyclic) bond motifs is 8. The quantitative estimate of drug-likeness (QED) is 0.226. The molecule has 5 heterocycles. The Morgan fingerprint density at radius 3 is 1.06 bits per heavy atom. The first-order valence-corrected chi connectivity index (χ1v) is 8.87. The number of nitro groups is 2. The maximum atomic E-state index is 11.6. The van der Waals surface area contributed by atoms with E-state index in [4.69, 9.17) is 0 Å². The Bertz CT molecular complexity index is 1270. The molecule has 8 bridgehead atoms. The van der Waals surface area contributed by atoms with Gasteiger partial charge in [0.1, 0.15) is 22.1 Å². The molecule has 0 aliphatic carbocycles. The summed E-state index contributed by atoms with van der Waals surface area (Å²) < 4.78 is 1.93. The summed E-state index contributed by atoms with van der Waals surface area (Å²) in [5.74, 6) is 0. The van der Waals surface area contributed by atoms with Gasteiger partial charge in [-0.25, -0.2) is 30.2 Å². The van der Waals surface area contributed by atoms with Crippen molar-refractivity contribution >= 4 is 46.4 Å². The zero-order chi connectivity index (χ0) is 20.8. The molecule has 0 radical (unpaired) electrons. The van der Waals surface area contributed by atoms with Crippen molar-refractivity contribution in [3.63, 3.8) is 0 Å². The molecule has 0 unspecified atom stereocenters. The summed E-state index contributed by atoms with van der Waals surface area (Å²) >= 11 is 0. The first-order chi connectivity index (χ1) is 14.5. The van der Waals surface area contributed by atoms with Crippen molar-refractivity contribution in [1.82, 2.24) is 19.3 Å². The first-order valence-electron chi connectivity index (χ1n) is 8.87. The van der Waals surface area contributed by atoms with Crippen LogP contribution in [-0.2, 0) is 16.5 Å². The fourth-order valence-corrected chi connectivity index (χ4v) is 3.45. The average Bonchev–Trinajstić information content (AvgIpc) is 3.45. The Morgan fingerprint density at radius 1 is 0.581 bits per heavy atom. The van der Waals surface area contributed by atoms with E-state index in [-0.39, 0.29) is 16.5 Å². The molecule has 3 aromatic rings. The van der Waals surface area contributed by atoms with E-state index < -0.39 is 10.1 Å². The van der Waals surface area contributed by atoms with Gasteiger partial charge in [0.05, 0.1) is 22.8 Å².